The summed E-state index contributed by atoms with van der Waals surface area (Å²) in [5.41, 5.74) is -0.194. The number of carboxylic acid groups (broad SMARTS) is 1. The maximum absolute atomic E-state index is 10.8. The fraction of sp³-hybridized carbons (Fsp3) is 0.417. The Labute approximate surface area is 151 Å². The van der Waals surface area contributed by atoms with Gasteiger partial charge in [-0.25, -0.2) is 0 Å². The summed E-state index contributed by atoms with van der Waals surface area (Å²) in [5, 5.41) is 50.1. The average Bonchev–Trinajstić information content (AvgIpc) is 2.48. The van der Waals surface area contributed by atoms with Gasteiger partial charge < -0.3 is 34.7 Å². The number of ether oxygens (including phenoxy) is 2. The van der Waals surface area contributed by atoms with Crippen molar-refractivity contribution < 1.29 is 69.2 Å². The number of nitro groups is 1. The van der Waals surface area contributed by atoms with Gasteiger partial charge in [-0.3, -0.25) is 10.1 Å². The Kier molecular flexibility index (Phi) is 6.89. The monoisotopic (exact) mass is 337 g/mol. The minimum Gasteiger partial charge on any atom is -0.547 e. The molecule has 1 aliphatic rings. The van der Waals surface area contributed by atoms with Crippen LogP contribution in [-0.2, 0) is 9.53 Å². The number of nitro benzene ring substituents is 1. The number of benzene rings is 1. The van der Waals surface area contributed by atoms with Gasteiger partial charge in [0.2, 0.25) is 6.29 Å². The Morgan fingerprint density at radius 1 is 1.13 bits per heavy atom. The molecule has 1 fully saturated rings. The van der Waals surface area contributed by atoms with E-state index in [0.29, 0.717) is 0 Å². The Bertz CT molecular complexity index is 566. The van der Waals surface area contributed by atoms with Crippen LogP contribution in [0.25, 0.3) is 0 Å². The third kappa shape index (κ3) is 4.38. The Morgan fingerprint density at radius 2 is 1.70 bits per heavy atom. The molecule has 5 atom stereocenters. The predicted molar refractivity (Wildman–Crippen MR) is 65.4 cm³/mol. The fourth-order valence-corrected chi connectivity index (χ4v) is 1.92. The maximum atomic E-state index is 10.8. The smallest absolute Gasteiger partial charge is 0.547 e. The van der Waals surface area contributed by atoms with Gasteiger partial charge in [-0.1, -0.05) is 0 Å². The molecule has 0 spiro atoms. The van der Waals surface area contributed by atoms with E-state index in [1.54, 1.807) is 0 Å². The predicted octanol–water partition coefficient (Wildman–Crippen LogP) is -5.46. The topological polar surface area (TPSA) is 162 Å². The second-order valence-corrected chi connectivity index (χ2v) is 4.58. The van der Waals surface area contributed by atoms with Crippen LogP contribution in [0.1, 0.15) is 0 Å². The molecule has 3 N–H and O–H groups in total. The number of aliphatic carboxylic acids is 1. The van der Waals surface area contributed by atoms with Crippen LogP contribution in [0.4, 0.5) is 5.69 Å². The van der Waals surface area contributed by atoms with Crippen molar-refractivity contribution in [2.24, 2.45) is 0 Å². The number of non-ortho nitro benzene ring substituents is 1. The summed E-state index contributed by atoms with van der Waals surface area (Å²) in [4.78, 5) is 20.7. The van der Waals surface area contributed by atoms with Crippen LogP contribution in [0.3, 0.4) is 0 Å². The van der Waals surface area contributed by atoms with E-state index in [1.807, 2.05) is 0 Å². The maximum Gasteiger partial charge on any atom is 1.00 e. The normalized spacial score (nSPS) is 30.1. The molecule has 1 aliphatic heterocycles. The Balaban J connectivity index is 0.00000264. The zero-order valence-electron chi connectivity index (χ0n) is 11.9. The van der Waals surface area contributed by atoms with Crippen molar-refractivity contribution in [1.82, 2.24) is 0 Å². The molecule has 1 aromatic rings. The summed E-state index contributed by atoms with van der Waals surface area (Å²) in [6.07, 6.45) is -8.90. The Hall–Kier alpha value is -1.27. The van der Waals surface area contributed by atoms with Crippen LogP contribution in [0.5, 0.6) is 5.75 Å². The summed E-state index contributed by atoms with van der Waals surface area (Å²) in [6.45, 7) is 0. The summed E-state index contributed by atoms with van der Waals surface area (Å²) in [6, 6.07) is 4.68. The molecule has 0 amide bonds. The SMILES string of the molecule is O=C([O-])C1OC(Oc2ccc([N+](=O)[O-])cc2)C(O)C(O)C1O.[Na+]. The number of hydrogen-bond acceptors (Lipinski definition) is 9. The largest absolute Gasteiger partial charge is 1.00 e. The minimum atomic E-state index is -1.89. The standard InChI is InChI=1S/C12H13NO9.Na/c14-7-8(15)10(11(17)18)22-12(9(7)16)21-6-3-1-5(2-4-6)13(19)20;/h1-4,7-10,12,14-16H,(H,17,18);/q;+1/p-1. The number of hydrogen-bond donors (Lipinski definition) is 3. The molecule has 120 valence electrons. The number of carbonyl (C=O) groups is 1. The Morgan fingerprint density at radius 3 is 2.17 bits per heavy atom. The number of aliphatic hydroxyl groups excluding tert-OH is 3. The van der Waals surface area contributed by atoms with Gasteiger partial charge in [-0.2, -0.15) is 0 Å². The number of carboxylic acids is 1. The van der Waals surface area contributed by atoms with Crippen molar-refractivity contribution in [3.63, 3.8) is 0 Å². The molecule has 1 aromatic carbocycles. The first-order valence-electron chi connectivity index (χ1n) is 6.13. The van der Waals surface area contributed by atoms with Crippen molar-refractivity contribution >= 4 is 11.7 Å². The van der Waals surface area contributed by atoms with Gasteiger partial charge in [0.05, 0.1) is 10.9 Å². The molecule has 0 aliphatic carbocycles. The number of nitrogens with zero attached hydrogens (tertiary/aromatic N) is 1. The quantitative estimate of drug-likeness (QED) is 0.276. The van der Waals surface area contributed by atoms with E-state index >= 15 is 0 Å². The molecule has 11 heteroatoms. The van der Waals surface area contributed by atoms with Crippen molar-refractivity contribution in [3.05, 3.63) is 34.4 Å². The van der Waals surface area contributed by atoms with Crippen LogP contribution in [0.2, 0.25) is 0 Å². The van der Waals surface area contributed by atoms with Crippen LogP contribution in [-0.4, -0.2) is 56.9 Å². The van der Waals surface area contributed by atoms with Crippen molar-refractivity contribution in [2.45, 2.75) is 30.7 Å². The van der Waals surface area contributed by atoms with E-state index in [2.05, 4.69) is 0 Å². The number of carbonyl (C=O) groups excluding carboxylic acids is 1. The van der Waals surface area contributed by atoms with E-state index < -0.39 is 41.6 Å². The van der Waals surface area contributed by atoms with Gasteiger partial charge in [0.25, 0.3) is 5.69 Å². The van der Waals surface area contributed by atoms with E-state index in [1.165, 1.54) is 12.1 Å². The molecule has 23 heavy (non-hydrogen) atoms. The summed E-state index contributed by atoms with van der Waals surface area (Å²) >= 11 is 0. The van der Waals surface area contributed by atoms with E-state index in [9.17, 15) is 35.3 Å². The van der Waals surface area contributed by atoms with Gasteiger partial charge in [-0.05, 0) is 12.1 Å². The fourth-order valence-electron chi connectivity index (χ4n) is 1.92. The van der Waals surface area contributed by atoms with E-state index in [4.69, 9.17) is 9.47 Å². The van der Waals surface area contributed by atoms with Crippen LogP contribution >= 0.6 is 0 Å². The third-order valence-corrected chi connectivity index (χ3v) is 3.10. The molecule has 0 radical (unpaired) electrons. The van der Waals surface area contributed by atoms with Gasteiger partial charge >= 0.3 is 29.6 Å². The molecule has 0 aromatic heterocycles. The van der Waals surface area contributed by atoms with Crippen molar-refractivity contribution in [1.29, 1.82) is 0 Å². The molecular weight excluding hydrogens is 325 g/mol. The molecule has 5 unspecified atom stereocenters. The molecule has 2 rings (SSSR count). The minimum absolute atomic E-state index is 0. The summed E-state index contributed by atoms with van der Waals surface area (Å²) in [7, 11) is 0. The van der Waals surface area contributed by atoms with Crippen LogP contribution in [0.15, 0.2) is 24.3 Å². The zero-order chi connectivity index (χ0) is 16.4. The molecule has 1 heterocycles. The molecule has 1 saturated heterocycles. The second kappa shape index (κ2) is 8.02. The molecule has 0 bridgehead atoms. The first-order chi connectivity index (χ1) is 10.3. The van der Waals surface area contributed by atoms with E-state index in [-0.39, 0.29) is 41.0 Å². The van der Waals surface area contributed by atoms with Crippen LogP contribution in [0, 0.1) is 10.1 Å². The average molecular weight is 337 g/mol. The first-order valence-corrected chi connectivity index (χ1v) is 6.13. The van der Waals surface area contributed by atoms with Crippen LogP contribution < -0.4 is 39.4 Å². The summed E-state index contributed by atoms with van der Waals surface area (Å²) < 4.78 is 9.99. The van der Waals surface area contributed by atoms with Crippen molar-refractivity contribution in [2.75, 3.05) is 0 Å². The van der Waals surface area contributed by atoms with Crippen molar-refractivity contribution in [3.8, 4) is 5.75 Å². The van der Waals surface area contributed by atoms with Gasteiger partial charge in [0.15, 0.2) is 0 Å². The third-order valence-electron chi connectivity index (χ3n) is 3.10. The number of aliphatic hydroxyl groups is 3. The summed E-state index contributed by atoms with van der Waals surface area (Å²) in [5.74, 6) is -1.74. The first kappa shape index (κ1) is 19.8. The van der Waals surface area contributed by atoms with E-state index in [0.717, 1.165) is 12.1 Å². The van der Waals surface area contributed by atoms with Gasteiger partial charge in [-0.15, -0.1) is 0 Å². The molecular formula is C12H12NNaO9. The van der Waals surface area contributed by atoms with Gasteiger partial charge in [0.1, 0.15) is 30.2 Å². The molecule has 0 saturated carbocycles. The van der Waals surface area contributed by atoms with Gasteiger partial charge in [0, 0.05) is 12.1 Å². The second-order valence-electron chi connectivity index (χ2n) is 4.58. The molecule has 10 nitrogen and oxygen atoms in total. The zero-order valence-corrected chi connectivity index (χ0v) is 13.9. The number of rotatable bonds is 4.